The Kier molecular flexibility index (Phi) is 5.71. The zero-order valence-corrected chi connectivity index (χ0v) is 16.2. The SMILES string of the molecule is Cc1ccc(OC(=O)c2nc(S(=O)(=O)Cc3ccccc3F)ncc2Cl)cc1. The molecule has 0 bridgehead atoms. The third kappa shape index (κ3) is 4.52. The average molecular weight is 421 g/mol. The Balaban J connectivity index is 1.89. The summed E-state index contributed by atoms with van der Waals surface area (Å²) in [7, 11) is -4.12. The fourth-order valence-corrected chi connectivity index (χ4v) is 3.67. The molecular weight excluding hydrogens is 407 g/mol. The van der Waals surface area contributed by atoms with Crippen LogP contribution in [-0.2, 0) is 15.6 Å². The van der Waals surface area contributed by atoms with Gasteiger partial charge in [-0.15, -0.1) is 0 Å². The number of esters is 1. The number of ether oxygens (including phenoxy) is 1. The summed E-state index contributed by atoms with van der Waals surface area (Å²) in [4.78, 5) is 19.8. The van der Waals surface area contributed by atoms with Crippen molar-refractivity contribution in [1.29, 1.82) is 0 Å². The summed E-state index contributed by atoms with van der Waals surface area (Å²) in [5.41, 5.74) is 0.538. The van der Waals surface area contributed by atoms with Gasteiger partial charge in [0.25, 0.3) is 0 Å². The summed E-state index contributed by atoms with van der Waals surface area (Å²) in [6.07, 6.45) is 0.995. The average Bonchev–Trinajstić information content (AvgIpc) is 2.65. The lowest BCUT2D eigenvalue weighted by Gasteiger charge is -2.08. The van der Waals surface area contributed by atoms with E-state index in [-0.39, 0.29) is 16.3 Å². The van der Waals surface area contributed by atoms with Crippen LogP contribution in [0.15, 0.2) is 59.9 Å². The summed E-state index contributed by atoms with van der Waals surface area (Å²) < 4.78 is 44.0. The minimum absolute atomic E-state index is 0.0372. The number of rotatable bonds is 5. The molecule has 0 spiro atoms. The first-order valence-electron chi connectivity index (χ1n) is 8.04. The van der Waals surface area contributed by atoms with E-state index in [0.717, 1.165) is 17.8 Å². The van der Waals surface area contributed by atoms with Crippen LogP contribution in [0, 0.1) is 12.7 Å². The largest absolute Gasteiger partial charge is 0.422 e. The van der Waals surface area contributed by atoms with Crippen molar-refractivity contribution in [3.8, 4) is 5.75 Å². The lowest BCUT2D eigenvalue weighted by Crippen LogP contribution is -2.16. The Bertz CT molecular complexity index is 1130. The summed E-state index contributed by atoms with van der Waals surface area (Å²) in [6, 6.07) is 12.1. The highest BCUT2D eigenvalue weighted by atomic mass is 35.5. The van der Waals surface area contributed by atoms with Crippen molar-refractivity contribution in [2.45, 2.75) is 17.8 Å². The molecule has 0 fully saturated rings. The van der Waals surface area contributed by atoms with Crippen LogP contribution in [0.2, 0.25) is 5.02 Å². The van der Waals surface area contributed by atoms with Gasteiger partial charge in [0.15, 0.2) is 5.69 Å². The normalized spacial score (nSPS) is 11.2. The number of nitrogens with zero attached hydrogens (tertiary/aromatic N) is 2. The van der Waals surface area contributed by atoms with E-state index in [1.54, 1.807) is 24.3 Å². The summed E-state index contributed by atoms with van der Waals surface area (Å²) >= 11 is 5.94. The van der Waals surface area contributed by atoms with Gasteiger partial charge in [-0.25, -0.2) is 27.6 Å². The molecule has 0 aliphatic heterocycles. The van der Waals surface area contributed by atoms with E-state index < -0.39 is 38.2 Å². The third-order valence-corrected chi connectivity index (χ3v) is 5.45. The number of carbonyl (C=O) groups is 1. The molecular formula is C19H14ClFN2O4S. The number of aromatic nitrogens is 2. The molecule has 144 valence electrons. The van der Waals surface area contributed by atoms with Crippen molar-refractivity contribution < 1.29 is 22.3 Å². The maximum absolute atomic E-state index is 13.8. The Morgan fingerprint density at radius 3 is 2.50 bits per heavy atom. The molecule has 6 nitrogen and oxygen atoms in total. The van der Waals surface area contributed by atoms with Crippen molar-refractivity contribution in [3.05, 3.63) is 82.4 Å². The first-order valence-corrected chi connectivity index (χ1v) is 10.1. The maximum Gasteiger partial charge on any atom is 0.364 e. The van der Waals surface area contributed by atoms with Crippen LogP contribution >= 0.6 is 11.6 Å². The molecule has 28 heavy (non-hydrogen) atoms. The summed E-state index contributed by atoms with van der Waals surface area (Å²) in [5.74, 6) is -2.01. The van der Waals surface area contributed by atoms with Crippen molar-refractivity contribution in [3.63, 3.8) is 0 Å². The summed E-state index contributed by atoms with van der Waals surface area (Å²) in [6.45, 7) is 1.87. The fourth-order valence-electron chi connectivity index (χ4n) is 2.29. The van der Waals surface area contributed by atoms with Crippen LogP contribution < -0.4 is 4.74 Å². The fraction of sp³-hybridized carbons (Fsp3) is 0.105. The second-order valence-electron chi connectivity index (χ2n) is 5.90. The molecule has 0 unspecified atom stereocenters. The van der Waals surface area contributed by atoms with Gasteiger partial charge >= 0.3 is 5.97 Å². The molecule has 1 heterocycles. The number of sulfone groups is 1. The maximum atomic E-state index is 13.8. The number of benzene rings is 2. The molecule has 0 atom stereocenters. The van der Waals surface area contributed by atoms with Gasteiger partial charge in [0.2, 0.25) is 15.0 Å². The number of halogens is 2. The van der Waals surface area contributed by atoms with Crippen molar-refractivity contribution in [2.24, 2.45) is 0 Å². The van der Waals surface area contributed by atoms with E-state index in [0.29, 0.717) is 0 Å². The van der Waals surface area contributed by atoms with E-state index >= 15 is 0 Å². The van der Waals surface area contributed by atoms with E-state index in [1.165, 1.54) is 18.2 Å². The molecule has 0 aliphatic rings. The highest BCUT2D eigenvalue weighted by Crippen LogP contribution is 2.21. The Morgan fingerprint density at radius 2 is 1.82 bits per heavy atom. The molecule has 2 aromatic carbocycles. The van der Waals surface area contributed by atoms with E-state index in [4.69, 9.17) is 16.3 Å². The first-order chi connectivity index (χ1) is 13.3. The second-order valence-corrected chi connectivity index (χ2v) is 8.19. The lowest BCUT2D eigenvalue weighted by molar-refractivity contribution is 0.0727. The zero-order chi connectivity index (χ0) is 20.3. The Hall–Kier alpha value is -2.84. The number of carbonyl (C=O) groups excluding carboxylic acids is 1. The van der Waals surface area contributed by atoms with E-state index in [9.17, 15) is 17.6 Å². The van der Waals surface area contributed by atoms with Gasteiger partial charge in [0.05, 0.1) is 17.0 Å². The smallest absolute Gasteiger partial charge is 0.364 e. The highest BCUT2D eigenvalue weighted by molar-refractivity contribution is 7.90. The highest BCUT2D eigenvalue weighted by Gasteiger charge is 2.25. The Morgan fingerprint density at radius 1 is 1.14 bits per heavy atom. The minimum atomic E-state index is -4.12. The van der Waals surface area contributed by atoms with Crippen LogP contribution in [0.25, 0.3) is 0 Å². The molecule has 9 heteroatoms. The monoisotopic (exact) mass is 420 g/mol. The van der Waals surface area contributed by atoms with Crippen molar-refractivity contribution in [1.82, 2.24) is 9.97 Å². The number of hydrogen-bond donors (Lipinski definition) is 0. The first kappa shape index (κ1) is 19.9. The quantitative estimate of drug-likeness (QED) is 0.355. The zero-order valence-electron chi connectivity index (χ0n) is 14.6. The van der Waals surface area contributed by atoms with Gasteiger partial charge in [-0.3, -0.25) is 0 Å². The molecule has 0 saturated carbocycles. The minimum Gasteiger partial charge on any atom is -0.422 e. The molecule has 0 radical (unpaired) electrons. The Labute approximate surface area is 165 Å². The van der Waals surface area contributed by atoms with Gasteiger partial charge in [0.1, 0.15) is 11.6 Å². The molecule has 1 aromatic heterocycles. The molecule has 3 rings (SSSR count). The lowest BCUT2D eigenvalue weighted by atomic mass is 10.2. The van der Waals surface area contributed by atoms with Crippen LogP contribution in [0.3, 0.4) is 0 Å². The predicted molar refractivity (Wildman–Crippen MR) is 100 cm³/mol. The van der Waals surface area contributed by atoms with Crippen molar-refractivity contribution >= 4 is 27.4 Å². The molecule has 0 amide bonds. The molecule has 0 saturated heterocycles. The molecule has 0 N–H and O–H groups in total. The topological polar surface area (TPSA) is 86.2 Å². The van der Waals surface area contributed by atoms with Crippen LogP contribution in [0.5, 0.6) is 5.75 Å². The van der Waals surface area contributed by atoms with Gasteiger partial charge < -0.3 is 4.74 Å². The van der Waals surface area contributed by atoms with E-state index in [1.807, 2.05) is 6.92 Å². The van der Waals surface area contributed by atoms with Gasteiger partial charge in [-0.1, -0.05) is 47.5 Å². The molecule has 3 aromatic rings. The number of hydrogen-bond acceptors (Lipinski definition) is 6. The standard InChI is InChI=1S/C19H14ClFN2O4S/c1-12-6-8-14(9-7-12)27-18(24)17-15(20)10-22-19(23-17)28(25,26)11-13-4-2-3-5-16(13)21/h2-10H,11H2,1H3. The second kappa shape index (κ2) is 8.04. The van der Waals surface area contributed by atoms with Crippen molar-refractivity contribution in [2.75, 3.05) is 0 Å². The van der Waals surface area contributed by atoms with E-state index in [2.05, 4.69) is 9.97 Å². The summed E-state index contributed by atoms with van der Waals surface area (Å²) in [5, 5.41) is -0.807. The van der Waals surface area contributed by atoms with Gasteiger partial charge in [-0.2, -0.15) is 0 Å². The van der Waals surface area contributed by atoms with Crippen LogP contribution in [0.4, 0.5) is 4.39 Å². The number of aryl methyl sites for hydroxylation is 1. The van der Waals surface area contributed by atoms with Gasteiger partial charge in [-0.05, 0) is 25.1 Å². The molecule has 0 aliphatic carbocycles. The van der Waals surface area contributed by atoms with Crippen LogP contribution in [0.1, 0.15) is 21.6 Å². The van der Waals surface area contributed by atoms with Gasteiger partial charge in [0, 0.05) is 5.56 Å². The third-order valence-electron chi connectivity index (χ3n) is 3.73. The van der Waals surface area contributed by atoms with Crippen LogP contribution in [-0.4, -0.2) is 24.4 Å². The predicted octanol–water partition coefficient (Wildman–Crippen LogP) is 3.77.